The summed E-state index contributed by atoms with van der Waals surface area (Å²) >= 11 is 0. The Bertz CT molecular complexity index is 1180. The van der Waals surface area contributed by atoms with E-state index in [1.807, 2.05) is 17.0 Å². The number of nitrogens with zero attached hydrogens (tertiary/aromatic N) is 5. The van der Waals surface area contributed by atoms with E-state index in [0.29, 0.717) is 36.6 Å². The van der Waals surface area contributed by atoms with Crippen molar-refractivity contribution >= 4 is 35.1 Å². The maximum absolute atomic E-state index is 13.8. The molecule has 5 aliphatic rings. The number of fused-ring (bicyclic) bond motifs is 1. The zero-order valence-electron chi connectivity index (χ0n) is 19.7. The Morgan fingerprint density at radius 1 is 1.06 bits per heavy atom. The highest BCUT2D eigenvalue weighted by Crippen LogP contribution is 2.44. The van der Waals surface area contributed by atoms with E-state index in [2.05, 4.69) is 30.8 Å². The lowest BCUT2D eigenvalue weighted by Gasteiger charge is -2.56. The van der Waals surface area contributed by atoms with Crippen LogP contribution >= 0.6 is 0 Å². The minimum Gasteiger partial charge on any atom is -0.355 e. The fraction of sp³-hybridized carbons (Fsp3) is 0.560. The van der Waals surface area contributed by atoms with E-state index in [4.69, 9.17) is 4.98 Å². The maximum Gasteiger partial charge on any atom is 0.244 e. The summed E-state index contributed by atoms with van der Waals surface area (Å²) in [6.45, 7) is 4.85. The molecule has 1 aliphatic carbocycles. The van der Waals surface area contributed by atoms with Gasteiger partial charge in [-0.05, 0) is 31.4 Å². The predicted molar refractivity (Wildman–Crippen MR) is 131 cm³/mol. The number of aromatic nitrogens is 3. The van der Waals surface area contributed by atoms with Crippen molar-refractivity contribution in [3.8, 4) is 0 Å². The van der Waals surface area contributed by atoms with E-state index in [1.54, 1.807) is 12.4 Å². The average molecular weight is 475 g/mol. The van der Waals surface area contributed by atoms with Crippen LogP contribution in [-0.4, -0.2) is 65.5 Å². The van der Waals surface area contributed by atoms with Gasteiger partial charge in [0.25, 0.3) is 0 Å². The van der Waals surface area contributed by atoms with Gasteiger partial charge in [-0.1, -0.05) is 12.8 Å². The largest absolute Gasteiger partial charge is 0.355 e. The summed E-state index contributed by atoms with van der Waals surface area (Å²) in [5, 5.41) is 9.49. The fourth-order valence-corrected chi connectivity index (χ4v) is 6.47. The minimum absolute atomic E-state index is 0.0845. The molecule has 0 bridgehead atoms. The summed E-state index contributed by atoms with van der Waals surface area (Å²) in [4.78, 5) is 44.6. The van der Waals surface area contributed by atoms with Crippen LogP contribution in [0.4, 0.5) is 23.3 Å². The number of amides is 2. The number of carbonyl (C=O) groups excluding carboxylic acids is 2. The van der Waals surface area contributed by atoms with Gasteiger partial charge in [-0.3, -0.25) is 14.5 Å². The summed E-state index contributed by atoms with van der Waals surface area (Å²) in [6.07, 6.45) is 8.53. The van der Waals surface area contributed by atoms with Gasteiger partial charge in [0.2, 0.25) is 17.8 Å². The van der Waals surface area contributed by atoms with Gasteiger partial charge in [0.05, 0.1) is 11.9 Å². The zero-order chi connectivity index (χ0) is 23.6. The van der Waals surface area contributed by atoms with Crippen LogP contribution in [0.2, 0.25) is 0 Å². The Labute approximate surface area is 203 Å². The highest BCUT2D eigenvalue weighted by Gasteiger charge is 2.56. The maximum atomic E-state index is 13.8. The topological polar surface area (TPSA) is 115 Å². The number of carbonyl (C=O) groups is 2. The lowest BCUT2D eigenvalue weighted by Crippen LogP contribution is -2.71. The number of pyridine rings is 1. The summed E-state index contributed by atoms with van der Waals surface area (Å²) in [7, 11) is 0. The first-order valence-corrected chi connectivity index (χ1v) is 12.7. The molecule has 0 radical (unpaired) electrons. The third-order valence-electron chi connectivity index (χ3n) is 8.53. The third-order valence-corrected chi connectivity index (χ3v) is 8.53. The number of hydrogen-bond acceptors (Lipinski definition) is 8. The Morgan fingerprint density at radius 3 is 2.54 bits per heavy atom. The van der Waals surface area contributed by atoms with E-state index >= 15 is 0 Å². The van der Waals surface area contributed by atoms with Gasteiger partial charge in [0.15, 0.2) is 0 Å². The van der Waals surface area contributed by atoms with E-state index in [0.717, 1.165) is 68.9 Å². The lowest BCUT2D eigenvalue weighted by molar-refractivity contribution is -0.140. The van der Waals surface area contributed by atoms with Crippen LogP contribution in [0.5, 0.6) is 0 Å². The Morgan fingerprint density at radius 2 is 1.89 bits per heavy atom. The van der Waals surface area contributed by atoms with E-state index in [9.17, 15) is 9.59 Å². The summed E-state index contributed by atoms with van der Waals surface area (Å²) in [5.74, 6) is 1.80. The van der Waals surface area contributed by atoms with Crippen LogP contribution in [0.3, 0.4) is 0 Å². The molecule has 2 spiro atoms. The lowest BCUT2D eigenvalue weighted by atomic mass is 9.74. The third kappa shape index (κ3) is 3.22. The summed E-state index contributed by atoms with van der Waals surface area (Å²) in [6, 6.07) is 4.10. The molecule has 3 N–H and O–H groups in total. The van der Waals surface area contributed by atoms with Crippen LogP contribution in [-0.2, 0) is 16.0 Å². The first-order chi connectivity index (χ1) is 17.1. The van der Waals surface area contributed by atoms with Gasteiger partial charge in [-0.15, -0.1) is 0 Å². The van der Waals surface area contributed by atoms with Crippen molar-refractivity contribution in [1.82, 2.24) is 25.6 Å². The fourth-order valence-electron chi connectivity index (χ4n) is 6.47. The molecular formula is C25H30N8O2. The van der Waals surface area contributed by atoms with Crippen molar-refractivity contribution in [2.75, 3.05) is 47.8 Å². The molecular weight excluding hydrogens is 444 g/mol. The SMILES string of the molecule is O=C1NCCC12Cc1cnc(Nc3ccc(N4CC5(CNC5)C4)nc3)nc1N(C1CCCC1)C2=O. The van der Waals surface area contributed by atoms with E-state index < -0.39 is 5.41 Å². The van der Waals surface area contributed by atoms with Crippen molar-refractivity contribution in [1.29, 1.82) is 0 Å². The molecule has 4 fully saturated rings. The van der Waals surface area contributed by atoms with Gasteiger partial charge in [0.1, 0.15) is 17.1 Å². The molecule has 1 saturated carbocycles. The average Bonchev–Trinajstić information content (AvgIpc) is 3.45. The van der Waals surface area contributed by atoms with Gasteiger partial charge in [-0.25, -0.2) is 9.97 Å². The second kappa shape index (κ2) is 7.61. The molecule has 1 atom stereocenters. The van der Waals surface area contributed by atoms with Crippen molar-refractivity contribution < 1.29 is 9.59 Å². The smallest absolute Gasteiger partial charge is 0.244 e. The molecule has 10 nitrogen and oxygen atoms in total. The van der Waals surface area contributed by atoms with Crippen LogP contribution < -0.4 is 25.8 Å². The minimum atomic E-state index is -1.02. The van der Waals surface area contributed by atoms with Crippen LogP contribution in [0.1, 0.15) is 37.7 Å². The normalized spacial score (nSPS) is 27.1. The number of nitrogens with one attached hydrogen (secondary N) is 3. The molecule has 6 heterocycles. The summed E-state index contributed by atoms with van der Waals surface area (Å²) in [5.41, 5.74) is 1.11. The number of rotatable bonds is 4. The monoisotopic (exact) mass is 474 g/mol. The van der Waals surface area contributed by atoms with Crippen molar-refractivity contribution in [2.45, 2.75) is 44.6 Å². The second-order valence-electron chi connectivity index (χ2n) is 10.9. The van der Waals surface area contributed by atoms with Gasteiger partial charge in [0, 0.05) is 62.4 Å². The van der Waals surface area contributed by atoms with Crippen LogP contribution in [0.15, 0.2) is 24.5 Å². The number of anilines is 4. The molecule has 182 valence electrons. The quantitative estimate of drug-likeness (QED) is 0.569. The van der Waals surface area contributed by atoms with Crippen molar-refractivity contribution in [3.63, 3.8) is 0 Å². The van der Waals surface area contributed by atoms with E-state index in [1.165, 1.54) is 0 Å². The van der Waals surface area contributed by atoms with Gasteiger partial charge < -0.3 is 20.9 Å². The zero-order valence-corrected chi connectivity index (χ0v) is 19.7. The van der Waals surface area contributed by atoms with Gasteiger partial charge >= 0.3 is 0 Å². The molecule has 2 amide bonds. The molecule has 10 heteroatoms. The molecule has 0 aromatic carbocycles. The van der Waals surface area contributed by atoms with Crippen LogP contribution in [0, 0.1) is 10.8 Å². The number of hydrogen-bond donors (Lipinski definition) is 3. The standard InChI is InChI=1S/C25H30N8O2/c34-21-25(7-8-27-21)9-16-10-29-23(31-20(16)33(22(25)35)18-3-1-2-4-18)30-17-5-6-19(28-11-17)32-14-24(15-32)12-26-13-24/h5-6,10-11,18,26H,1-4,7-9,12-15H2,(H,27,34)(H,29,30,31). The van der Waals surface area contributed by atoms with Gasteiger partial charge in [-0.2, -0.15) is 4.98 Å². The molecule has 2 aromatic rings. The van der Waals surface area contributed by atoms with E-state index in [-0.39, 0.29) is 17.9 Å². The Kier molecular flexibility index (Phi) is 4.58. The first-order valence-electron chi connectivity index (χ1n) is 12.7. The molecule has 3 saturated heterocycles. The molecule has 1 unspecified atom stereocenters. The first kappa shape index (κ1) is 21.0. The highest BCUT2D eigenvalue weighted by molar-refractivity contribution is 6.14. The Hall–Kier alpha value is -3.27. The van der Waals surface area contributed by atoms with Crippen molar-refractivity contribution in [3.05, 3.63) is 30.1 Å². The molecule has 35 heavy (non-hydrogen) atoms. The van der Waals surface area contributed by atoms with Crippen molar-refractivity contribution in [2.24, 2.45) is 10.8 Å². The molecule has 4 aliphatic heterocycles. The highest BCUT2D eigenvalue weighted by atomic mass is 16.2. The van der Waals surface area contributed by atoms with Crippen LogP contribution in [0.25, 0.3) is 0 Å². The molecule has 2 aromatic heterocycles. The summed E-state index contributed by atoms with van der Waals surface area (Å²) < 4.78 is 0. The Balaban J connectivity index is 1.14. The molecule has 7 rings (SSSR count). The predicted octanol–water partition coefficient (Wildman–Crippen LogP) is 1.36. The second-order valence-corrected chi connectivity index (χ2v) is 10.9.